The highest BCUT2D eigenvalue weighted by Crippen LogP contribution is 2.31. The quantitative estimate of drug-likeness (QED) is 0.357. The third kappa shape index (κ3) is 4.62. The molecule has 1 aliphatic heterocycles. The molecule has 0 saturated carbocycles. The summed E-state index contributed by atoms with van der Waals surface area (Å²) in [4.78, 5) is 43.0. The molecule has 2 aromatic heterocycles. The van der Waals surface area contributed by atoms with Gasteiger partial charge < -0.3 is 14.3 Å². The Hall–Kier alpha value is -4.21. The largest absolute Gasteiger partial charge is 0.478 e. The van der Waals surface area contributed by atoms with E-state index in [0.717, 1.165) is 5.56 Å². The number of carbonyl (C=O) groups is 2. The van der Waals surface area contributed by atoms with Gasteiger partial charge in [-0.3, -0.25) is 9.36 Å². The van der Waals surface area contributed by atoms with Crippen molar-refractivity contribution in [2.24, 2.45) is 4.99 Å². The van der Waals surface area contributed by atoms with Crippen molar-refractivity contribution in [3.8, 4) is 11.3 Å². The maximum Gasteiger partial charge on any atom is 0.338 e. The van der Waals surface area contributed by atoms with Crippen LogP contribution in [0.5, 0.6) is 0 Å². The molecule has 3 heterocycles. The van der Waals surface area contributed by atoms with Crippen LogP contribution in [0.25, 0.3) is 17.4 Å². The van der Waals surface area contributed by atoms with Crippen LogP contribution in [-0.2, 0) is 9.53 Å². The van der Waals surface area contributed by atoms with Crippen molar-refractivity contribution in [3.63, 3.8) is 0 Å². The van der Waals surface area contributed by atoms with Gasteiger partial charge in [0.15, 0.2) is 4.80 Å². The number of nitrogens with zero attached hydrogens (tertiary/aromatic N) is 2. The Morgan fingerprint density at radius 2 is 1.95 bits per heavy atom. The topological polar surface area (TPSA) is 111 Å². The molecule has 8 nitrogen and oxygen atoms in total. The van der Waals surface area contributed by atoms with E-state index >= 15 is 0 Å². The lowest BCUT2D eigenvalue weighted by Gasteiger charge is -2.24. The second-order valence-electron chi connectivity index (χ2n) is 8.41. The van der Waals surface area contributed by atoms with Gasteiger partial charge in [0.2, 0.25) is 0 Å². The number of carboxylic acids is 1. The number of carboxylic acid groups (broad SMARTS) is 1. The van der Waals surface area contributed by atoms with Gasteiger partial charge in [0.1, 0.15) is 11.5 Å². The van der Waals surface area contributed by atoms with Crippen LogP contribution in [0, 0.1) is 0 Å². The minimum absolute atomic E-state index is 0.0379. The van der Waals surface area contributed by atoms with E-state index in [4.69, 9.17) is 20.8 Å². The van der Waals surface area contributed by atoms with Crippen molar-refractivity contribution in [1.82, 2.24) is 4.57 Å². The molecule has 1 atom stereocenters. The molecule has 0 bridgehead atoms. The Kier molecular flexibility index (Phi) is 6.88. The SMILES string of the molecule is CCOC(=O)C1=C(C)N=c2sc(=Cc3ccc(-c4ccc(Cl)c(C(=O)O)c4)o3)c(=O)n2[C@@H]1c1ccccc1. The second kappa shape index (κ2) is 10.3. The highest BCUT2D eigenvalue weighted by atomic mass is 35.5. The van der Waals surface area contributed by atoms with E-state index in [9.17, 15) is 19.5 Å². The van der Waals surface area contributed by atoms with E-state index in [1.165, 1.54) is 28.0 Å². The van der Waals surface area contributed by atoms with E-state index in [0.29, 0.717) is 37.7 Å². The summed E-state index contributed by atoms with van der Waals surface area (Å²) < 4.78 is 13.1. The number of thiazole rings is 1. The van der Waals surface area contributed by atoms with Crippen molar-refractivity contribution in [2.75, 3.05) is 6.61 Å². The number of benzene rings is 2. The van der Waals surface area contributed by atoms with Crippen LogP contribution < -0.4 is 14.9 Å². The Bertz CT molecular complexity index is 1780. The number of allylic oxidation sites excluding steroid dienone is 1. The summed E-state index contributed by atoms with van der Waals surface area (Å²) in [6.45, 7) is 3.66. The number of carbonyl (C=O) groups excluding carboxylic acids is 1. The molecule has 0 amide bonds. The van der Waals surface area contributed by atoms with Crippen LogP contribution in [0.3, 0.4) is 0 Å². The molecule has 38 heavy (non-hydrogen) atoms. The van der Waals surface area contributed by atoms with Crippen LogP contribution in [0.15, 0.2) is 86.1 Å². The first-order chi connectivity index (χ1) is 18.3. The zero-order chi connectivity index (χ0) is 27.0. The maximum atomic E-state index is 13.7. The molecule has 2 aromatic carbocycles. The minimum Gasteiger partial charge on any atom is -0.478 e. The molecule has 0 unspecified atom stereocenters. The molecule has 0 fully saturated rings. The first-order valence-electron chi connectivity index (χ1n) is 11.7. The molecular weight excluding hydrogens is 528 g/mol. The lowest BCUT2D eigenvalue weighted by molar-refractivity contribution is -0.139. The van der Waals surface area contributed by atoms with Gasteiger partial charge in [-0.1, -0.05) is 53.3 Å². The summed E-state index contributed by atoms with van der Waals surface area (Å²) in [5.74, 6) is -0.841. The Morgan fingerprint density at radius 1 is 1.18 bits per heavy atom. The molecule has 4 aromatic rings. The van der Waals surface area contributed by atoms with Crippen molar-refractivity contribution >= 4 is 41.0 Å². The number of rotatable bonds is 6. The van der Waals surface area contributed by atoms with Gasteiger partial charge in [-0.05, 0) is 49.7 Å². The highest BCUT2D eigenvalue weighted by molar-refractivity contribution is 7.07. The maximum absolute atomic E-state index is 13.7. The van der Waals surface area contributed by atoms with E-state index in [-0.39, 0.29) is 22.8 Å². The highest BCUT2D eigenvalue weighted by Gasteiger charge is 2.33. The van der Waals surface area contributed by atoms with Gasteiger partial charge in [-0.15, -0.1) is 0 Å². The first-order valence-corrected chi connectivity index (χ1v) is 12.9. The summed E-state index contributed by atoms with van der Waals surface area (Å²) in [6.07, 6.45) is 1.60. The number of aromatic carboxylic acids is 1. The molecule has 10 heteroatoms. The molecule has 5 rings (SSSR count). The van der Waals surface area contributed by atoms with Gasteiger partial charge in [0.05, 0.1) is 39.0 Å². The monoisotopic (exact) mass is 548 g/mol. The predicted octanol–water partition coefficient (Wildman–Crippen LogP) is 4.41. The van der Waals surface area contributed by atoms with Gasteiger partial charge in [-0.25, -0.2) is 14.6 Å². The number of furan rings is 1. The van der Waals surface area contributed by atoms with Gasteiger partial charge >= 0.3 is 11.9 Å². The van der Waals surface area contributed by atoms with E-state index in [1.807, 2.05) is 30.3 Å². The molecule has 0 saturated heterocycles. The lowest BCUT2D eigenvalue weighted by atomic mass is 9.96. The lowest BCUT2D eigenvalue weighted by Crippen LogP contribution is -2.39. The van der Waals surface area contributed by atoms with Crippen molar-refractivity contribution in [2.45, 2.75) is 19.9 Å². The number of ether oxygens (including phenoxy) is 1. The number of esters is 1. The zero-order valence-electron chi connectivity index (χ0n) is 20.3. The van der Waals surface area contributed by atoms with Crippen LogP contribution in [0.4, 0.5) is 0 Å². The van der Waals surface area contributed by atoms with Crippen molar-refractivity contribution in [1.29, 1.82) is 0 Å². The Balaban J connectivity index is 1.61. The summed E-state index contributed by atoms with van der Waals surface area (Å²) in [6, 6.07) is 16.5. The first kappa shape index (κ1) is 25.4. The van der Waals surface area contributed by atoms with Gasteiger partial charge in [0.25, 0.3) is 5.56 Å². The number of fused-ring (bicyclic) bond motifs is 1. The standard InChI is InChI=1S/C28H21ClN2O6S/c1-3-36-27(35)23-15(2)30-28-31(24(23)16-7-5-4-6-8-16)25(32)22(38-28)14-18-10-12-21(37-18)17-9-11-20(29)19(13-17)26(33)34/h4-14,24H,3H2,1-2H3,(H,33,34)/t24-/m1/s1. The van der Waals surface area contributed by atoms with Crippen LogP contribution in [0.1, 0.15) is 41.6 Å². The number of halogens is 1. The molecule has 1 N–H and O–H groups in total. The number of hydrogen-bond donors (Lipinski definition) is 1. The smallest absolute Gasteiger partial charge is 0.338 e. The number of aromatic nitrogens is 1. The fraction of sp³-hybridized carbons (Fsp3) is 0.143. The molecular formula is C28H21ClN2O6S. The Labute approximate surface area is 225 Å². The normalized spacial score (nSPS) is 15.2. The predicted molar refractivity (Wildman–Crippen MR) is 143 cm³/mol. The molecule has 1 aliphatic rings. The van der Waals surface area contributed by atoms with E-state index in [1.54, 1.807) is 38.1 Å². The zero-order valence-corrected chi connectivity index (χ0v) is 21.9. The third-order valence-corrected chi connectivity index (χ3v) is 7.33. The summed E-state index contributed by atoms with van der Waals surface area (Å²) in [5.41, 5.74) is 1.73. The average Bonchev–Trinajstić information content (AvgIpc) is 3.48. The van der Waals surface area contributed by atoms with Crippen molar-refractivity contribution < 1.29 is 23.8 Å². The van der Waals surface area contributed by atoms with E-state index in [2.05, 4.69) is 4.99 Å². The molecule has 0 radical (unpaired) electrons. The summed E-state index contributed by atoms with van der Waals surface area (Å²) >= 11 is 7.16. The molecule has 0 aliphatic carbocycles. The molecule has 192 valence electrons. The Morgan fingerprint density at radius 3 is 2.66 bits per heavy atom. The van der Waals surface area contributed by atoms with Crippen LogP contribution >= 0.6 is 22.9 Å². The fourth-order valence-electron chi connectivity index (χ4n) is 4.30. The van der Waals surface area contributed by atoms with Crippen molar-refractivity contribution in [3.05, 3.63) is 114 Å². The van der Waals surface area contributed by atoms with Gasteiger partial charge in [0, 0.05) is 11.6 Å². The average molecular weight is 549 g/mol. The number of hydrogen-bond acceptors (Lipinski definition) is 7. The van der Waals surface area contributed by atoms with Crippen LogP contribution in [0.2, 0.25) is 5.02 Å². The fourth-order valence-corrected chi connectivity index (χ4v) is 5.52. The van der Waals surface area contributed by atoms with E-state index < -0.39 is 18.0 Å². The van der Waals surface area contributed by atoms with Crippen LogP contribution in [-0.4, -0.2) is 28.2 Å². The summed E-state index contributed by atoms with van der Waals surface area (Å²) in [7, 11) is 0. The summed E-state index contributed by atoms with van der Waals surface area (Å²) in [5, 5.41) is 9.48. The minimum atomic E-state index is -1.14. The molecule has 0 spiro atoms. The second-order valence-corrected chi connectivity index (χ2v) is 9.83. The van der Waals surface area contributed by atoms with Gasteiger partial charge in [-0.2, -0.15) is 0 Å². The third-order valence-electron chi connectivity index (χ3n) is 6.01.